The predicted octanol–water partition coefficient (Wildman–Crippen LogP) is 4.58. The summed E-state index contributed by atoms with van der Waals surface area (Å²) < 4.78 is 0.962. The van der Waals surface area contributed by atoms with Gasteiger partial charge in [-0.1, -0.05) is 69.4 Å². The number of pyridine rings is 3. The number of hydrogen-bond acceptors (Lipinski definition) is 11. The molecule has 2 N–H and O–H groups in total. The summed E-state index contributed by atoms with van der Waals surface area (Å²) in [6.07, 6.45) is 2.49. The summed E-state index contributed by atoms with van der Waals surface area (Å²) in [5, 5.41) is 18.4. The van der Waals surface area contributed by atoms with Gasteiger partial charge in [-0.3, -0.25) is 15.0 Å². The molecular formula is C32H33Br2N3O8. The van der Waals surface area contributed by atoms with E-state index in [2.05, 4.69) is 70.5 Å². The molecule has 0 amide bonds. The number of hydrogen-bond donors (Lipinski definition) is 2. The van der Waals surface area contributed by atoms with E-state index in [4.69, 9.17) is 39.0 Å². The van der Waals surface area contributed by atoms with Gasteiger partial charge >= 0.3 is 18.5 Å². The van der Waals surface area contributed by atoms with Crippen LogP contribution in [-0.4, -0.2) is 43.6 Å². The fourth-order valence-corrected chi connectivity index (χ4v) is 3.80. The van der Waals surface area contributed by atoms with E-state index >= 15 is 0 Å². The second-order valence-electron chi connectivity index (χ2n) is 7.91. The Morgan fingerprint density at radius 2 is 0.933 bits per heavy atom. The Kier molecular flexibility index (Phi) is 31.0. The summed E-state index contributed by atoms with van der Waals surface area (Å²) in [6.45, 7) is 9.81. The minimum atomic E-state index is -0.0253. The Morgan fingerprint density at radius 1 is 0.600 bits per heavy atom. The van der Waals surface area contributed by atoms with Gasteiger partial charge in [-0.05, 0) is 57.2 Å². The minimum Gasteiger partial charge on any atom is -0.390 e. The first-order valence-corrected chi connectivity index (χ1v) is 14.7. The van der Waals surface area contributed by atoms with Crippen LogP contribution < -0.4 is 0 Å². The second kappa shape index (κ2) is 31.0. The van der Waals surface area contributed by atoms with Crippen LogP contribution >= 0.6 is 31.9 Å². The van der Waals surface area contributed by atoms with Crippen molar-refractivity contribution in [2.24, 2.45) is 0 Å². The van der Waals surface area contributed by atoms with Crippen molar-refractivity contribution in [2.75, 3.05) is 0 Å². The molecule has 11 nitrogen and oxygen atoms in total. The highest BCUT2D eigenvalue weighted by molar-refractivity contribution is 9.10. The van der Waals surface area contributed by atoms with E-state index in [1.165, 1.54) is 0 Å². The van der Waals surface area contributed by atoms with Crippen LogP contribution in [0.5, 0.6) is 0 Å². The summed E-state index contributed by atoms with van der Waals surface area (Å²) in [5.41, 5.74) is 7.25. The van der Waals surface area contributed by atoms with Crippen molar-refractivity contribution in [1.29, 1.82) is 0 Å². The lowest BCUT2D eigenvalue weighted by molar-refractivity contribution is -0.193. The largest absolute Gasteiger partial charge is 0.390 e. The first kappa shape index (κ1) is 45.0. The number of halogens is 2. The number of aliphatic hydroxyl groups is 2. The maximum Gasteiger partial charge on any atom is 0.373 e. The average Bonchev–Trinajstić information content (AvgIpc) is 2.99. The Hall–Kier alpha value is -4.41. The maximum absolute atomic E-state index is 8.90. The maximum atomic E-state index is 8.90. The standard InChI is InChI=1S/C11H12BrN.C11H13NO.C7H8BrNO.3CO2/c1-3-4-5-10-6-9(2)13-11(7-10)8-12;1-3-4-5-10-6-9(2)12-11(7-10)8-13;1-5-2-6(8)3-7(4-10)9-5;3*2-1-3/h6-7H,3,8H2,1-2H3;6-7,13H,3,8H2,1-2H3;2-3,10H,4H2,1H3;;;. The Labute approximate surface area is 279 Å². The Morgan fingerprint density at radius 3 is 1.27 bits per heavy atom. The van der Waals surface area contributed by atoms with Gasteiger partial charge in [0.05, 0.1) is 30.3 Å². The van der Waals surface area contributed by atoms with Crippen LogP contribution in [0.2, 0.25) is 0 Å². The number of aromatic nitrogens is 3. The van der Waals surface area contributed by atoms with Crippen molar-refractivity contribution in [3.8, 4) is 23.7 Å². The van der Waals surface area contributed by atoms with Gasteiger partial charge in [0.25, 0.3) is 0 Å². The molecule has 0 fully saturated rings. The molecule has 13 heteroatoms. The lowest BCUT2D eigenvalue weighted by Gasteiger charge is -1.98. The number of rotatable bonds is 3. The number of nitrogens with zero attached hydrogens (tertiary/aromatic N) is 3. The number of carbonyl (C=O) groups excluding carboxylic acids is 6. The zero-order valence-corrected chi connectivity index (χ0v) is 28.6. The molecule has 0 spiro atoms. The highest BCUT2D eigenvalue weighted by Gasteiger charge is 1.97. The molecular weight excluding hydrogens is 714 g/mol. The molecule has 0 saturated heterocycles. The van der Waals surface area contributed by atoms with Crippen LogP contribution in [0, 0.1) is 44.5 Å². The number of aliphatic hydroxyl groups excluding tert-OH is 2. The highest BCUT2D eigenvalue weighted by atomic mass is 79.9. The lowest BCUT2D eigenvalue weighted by Crippen LogP contribution is -1.93. The van der Waals surface area contributed by atoms with E-state index in [0.29, 0.717) is 11.4 Å². The molecule has 3 aromatic rings. The fraction of sp³-hybridized carbons (Fsp3) is 0.312. The zero-order valence-electron chi connectivity index (χ0n) is 25.4. The van der Waals surface area contributed by atoms with Gasteiger partial charge in [0.2, 0.25) is 0 Å². The summed E-state index contributed by atoms with van der Waals surface area (Å²) >= 11 is 6.69. The SMILES string of the molecule is CCC#Cc1cc(C)nc(CBr)c1.CCC#Cc1cc(C)nc(CO)c1.Cc1cc(Br)cc(CO)n1.O=C=O.O=C=O.O=C=O. The van der Waals surface area contributed by atoms with Gasteiger partial charge in [0, 0.05) is 50.9 Å². The van der Waals surface area contributed by atoms with Crippen molar-refractivity contribution in [3.63, 3.8) is 0 Å². The molecule has 45 heavy (non-hydrogen) atoms. The van der Waals surface area contributed by atoms with E-state index in [9.17, 15) is 0 Å². The van der Waals surface area contributed by atoms with Crippen LogP contribution in [0.15, 0.2) is 40.9 Å². The predicted molar refractivity (Wildman–Crippen MR) is 168 cm³/mol. The zero-order chi connectivity index (χ0) is 35.0. The number of alkyl halides is 1. The molecule has 0 saturated carbocycles. The smallest absolute Gasteiger partial charge is 0.373 e. The van der Waals surface area contributed by atoms with Gasteiger partial charge in [0.15, 0.2) is 0 Å². The molecule has 0 aliphatic carbocycles. The Bertz CT molecular complexity index is 1400. The van der Waals surface area contributed by atoms with Crippen molar-refractivity contribution in [1.82, 2.24) is 15.0 Å². The molecule has 3 rings (SSSR count). The van der Waals surface area contributed by atoms with Crippen LogP contribution in [0.25, 0.3) is 0 Å². The van der Waals surface area contributed by atoms with Crippen molar-refractivity contribution in [3.05, 3.63) is 86.2 Å². The average molecular weight is 747 g/mol. The summed E-state index contributed by atoms with van der Waals surface area (Å²) in [7, 11) is 0. The van der Waals surface area contributed by atoms with Crippen LogP contribution in [-0.2, 0) is 47.3 Å². The fourth-order valence-electron chi connectivity index (χ4n) is 2.92. The van der Waals surface area contributed by atoms with Crippen molar-refractivity contribution in [2.45, 2.75) is 66.0 Å². The van der Waals surface area contributed by atoms with Crippen LogP contribution in [0.4, 0.5) is 0 Å². The molecule has 0 atom stereocenters. The molecule has 0 aromatic carbocycles. The molecule has 0 unspecified atom stereocenters. The monoisotopic (exact) mass is 745 g/mol. The molecule has 0 aliphatic rings. The normalized spacial score (nSPS) is 8.02. The van der Waals surface area contributed by atoms with Crippen molar-refractivity contribution >= 4 is 50.3 Å². The van der Waals surface area contributed by atoms with Crippen LogP contribution in [0.3, 0.4) is 0 Å². The molecule has 0 bridgehead atoms. The quantitative estimate of drug-likeness (QED) is 0.283. The van der Waals surface area contributed by atoms with Gasteiger partial charge in [-0.15, -0.1) is 0 Å². The summed E-state index contributed by atoms with van der Waals surface area (Å²) in [4.78, 5) is 61.3. The molecule has 3 aromatic heterocycles. The van der Waals surface area contributed by atoms with E-state index in [-0.39, 0.29) is 31.7 Å². The summed E-state index contributed by atoms with van der Waals surface area (Å²) in [5.74, 6) is 12.1. The first-order chi connectivity index (χ1) is 21.5. The molecule has 3 heterocycles. The topological polar surface area (TPSA) is 182 Å². The third-order valence-electron chi connectivity index (χ3n) is 4.26. The van der Waals surface area contributed by atoms with Gasteiger partial charge in [-0.2, -0.15) is 28.8 Å². The van der Waals surface area contributed by atoms with E-state index in [1.807, 2.05) is 65.0 Å². The first-order valence-electron chi connectivity index (χ1n) is 12.8. The Balaban J connectivity index is -0.000000521. The minimum absolute atomic E-state index is 0.000278. The van der Waals surface area contributed by atoms with Crippen LogP contribution in [0.1, 0.15) is 72.0 Å². The van der Waals surface area contributed by atoms with Crippen molar-refractivity contribution < 1.29 is 39.0 Å². The molecule has 0 radical (unpaired) electrons. The van der Waals surface area contributed by atoms with Gasteiger partial charge in [-0.25, -0.2) is 0 Å². The van der Waals surface area contributed by atoms with Gasteiger partial charge < -0.3 is 10.2 Å². The summed E-state index contributed by atoms with van der Waals surface area (Å²) in [6, 6.07) is 11.5. The van der Waals surface area contributed by atoms with E-state index in [0.717, 1.165) is 56.5 Å². The second-order valence-corrected chi connectivity index (χ2v) is 9.38. The third kappa shape index (κ3) is 26.9. The van der Waals surface area contributed by atoms with Gasteiger partial charge in [0.1, 0.15) is 0 Å². The molecule has 0 aliphatic heterocycles. The number of aryl methyl sites for hydroxylation is 3. The third-order valence-corrected chi connectivity index (χ3v) is 5.30. The molecule has 238 valence electrons. The highest BCUT2D eigenvalue weighted by Crippen LogP contribution is 2.12. The lowest BCUT2D eigenvalue weighted by atomic mass is 10.2. The van der Waals surface area contributed by atoms with E-state index < -0.39 is 0 Å². The van der Waals surface area contributed by atoms with E-state index in [1.54, 1.807) is 6.07 Å².